The first-order valence-corrected chi connectivity index (χ1v) is 6.89. The minimum absolute atomic E-state index is 0.168. The highest BCUT2D eigenvalue weighted by Gasteiger charge is 2.21. The molecular weight excluding hydrogens is 252 g/mol. The Labute approximate surface area is 108 Å². The van der Waals surface area contributed by atoms with E-state index < -0.39 is 11.6 Å². The van der Waals surface area contributed by atoms with Gasteiger partial charge in [0.1, 0.15) is 11.6 Å². The van der Waals surface area contributed by atoms with Crippen LogP contribution in [-0.2, 0) is 6.42 Å². The van der Waals surface area contributed by atoms with Gasteiger partial charge < -0.3 is 5.32 Å². The number of thiophene rings is 1. The molecule has 0 saturated carbocycles. The second kappa shape index (κ2) is 4.69. The van der Waals surface area contributed by atoms with Crippen molar-refractivity contribution < 1.29 is 8.78 Å². The summed E-state index contributed by atoms with van der Waals surface area (Å²) in [6.45, 7) is 0. The predicted octanol–water partition coefficient (Wildman–Crippen LogP) is 4.52. The zero-order valence-corrected chi connectivity index (χ0v) is 10.6. The molecule has 0 amide bonds. The molecule has 1 N–H and O–H groups in total. The maximum Gasteiger partial charge on any atom is 0.128 e. The lowest BCUT2D eigenvalue weighted by Gasteiger charge is -2.24. The van der Waals surface area contributed by atoms with Gasteiger partial charge in [-0.05, 0) is 48.4 Å². The number of hydrogen-bond donors (Lipinski definition) is 1. The molecule has 1 heterocycles. The van der Waals surface area contributed by atoms with Gasteiger partial charge in [0.25, 0.3) is 0 Å². The first kappa shape index (κ1) is 11.7. The number of rotatable bonds is 2. The van der Waals surface area contributed by atoms with E-state index in [2.05, 4.69) is 16.8 Å². The van der Waals surface area contributed by atoms with Crippen molar-refractivity contribution in [1.82, 2.24) is 0 Å². The molecule has 1 atom stereocenters. The van der Waals surface area contributed by atoms with Crippen LogP contribution in [0.4, 0.5) is 14.5 Å². The third-order valence-electron chi connectivity index (χ3n) is 3.26. The SMILES string of the molecule is Fc1cc(F)cc(NC2CCCc3sccc32)c1. The summed E-state index contributed by atoms with van der Waals surface area (Å²) in [5.74, 6) is -1.09. The summed E-state index contributed by atoms with van der Waals surface area (Å²) in [7, 11) is 0. The molecule has 0 spiro atoms. The van der Waals surface area contributed by atoms with Gasteiger partial charge >= 0.3 is 0 Å². The van der Waals surface area contributed by atoms with Crippen molar-refractivity contribution in [1.29, 1.82) is 0 Å². The smallest absolute Gasteiger partial charge is 0.128 e. The average molecular weight is 265 g/mol. The summed E-state index contributed by atoms with van der Waals surface area (Å²) in [6, 6.07) is 5.84. The first-order chi connectivity index (χ1) is 8.72. The van der Waals surface area contributed by atoms with Gasteiger partial charge in [-0.2, -0.15) is 0 Å². The third-order valence-corrected chi connectivity index (χ3v) is 4.25. The number of hydrogen-bond acceptors (Lipinski definition) is 2. The van der Waals surface area contributed by atoms with Crippen LogP contribution in [0, 0.1) is 11.6 Å². The molecule has 18 heavy (non-hydrogen) atoms. The number of fused-ring (bicyclic) bond motifs is 1. The minimum atomic E-state index is -0.543. The van der Waals surface area contributed by atoms with Gasteiger partial charge in [0.2, 0.25) is 0 Å². The van der Waals surface area contributed by atoms with Crippen molar-refractivity contribution in [2.45, 2.75) is 25.3 Å². The molecule has 2 aromatic rings. The zero-order valence-electron chi connectivity index (χ0n) is 9.75. The molecule has 1 aromatic heterocycles. The van der Waals surface area contributed by atoms with E-state index in [1.54, 1.807) is 11.3 Å². The Kier molecular flexibility index (Phi) is 3.04. The lowest BCUT2D eigenvalue weighted by molar-refractivity contribution is 0.579. The van der Waals surface area contributed by atoms with E-state index >= 15 is 0 Å². The number of benzene rings is 1. The normalized spacial score (nSPS) is 18.4. The van der Waals surface area contributed by atoms with Crippen LogP contribution in [0.1, 0.15) is 29.3 Å². The fraction of sp³-hybridized carbons (Fsp3) is 0.286. The minimum Gasteiger partial charge on any atom is -0.378 e. The van der Waals surface area contributed by atoms with Crippen LogP contribution in [-0.4, -0.2) is 0 Å². The molecule has 1 unspecified atom stereocenters. The number of anilines is 1. The fourth-order valence-corrected chi connectivity index (χ4v) is 3.46. The second-order valence-corrected chi connectivity index (χ2v) is 5.55. The maximum absolute atomic E-state index is 13.1. The van der Waals surface area contributed by atoms with E-state index in [1.807, 2.05) is 0 Å². The van der Waals surface area contributed by atoms with Gasteiger partial charge in [0.05, 0.1) is 6.04 Å². The average Bonchev–Trinajstić information content (AvgIpc) is 2.76. The molecule has 94 valence electrons. The highest BCUT2D eigenvalue weighted by atomic mass is 32.1. The summed E-state index contributed by atoms with van der Waals surface area (Å²) >= 11 is 1.76. The summed E-state index contributed by atoms with van der Waals surface area (Å²) in [5, 5.41) is 5.31. The van der Waals surface area contributed by atoms with Crippen molar-refractivity contribution in [2.24, 2.45) is 0 Å². The van der Waals surface area contributed by atoms with Crippen molar-refractivity contribution in [2.75, 3.05) is 5.32 Å². The Morgan fingerprint density at radius 1 is 1.17 bits per heavy atom. The molecule has 1 aliphatic rings. The molecule has 1 aliphatic carbocycles. The molecule has 0 radical (unpaired) electrons. The van der Waals surface area contributed by atoms with Crippen molar-refractivity contribution in [3.63, 3.8) is 0 Å². The molecule has 0 fully saturated rings. The molecule has 0 aliphatic heterocycles. The van der Waals surface area contributed by atoms with E-state index in [4.69, 9.17) is 0 Å². The van der Waals surface area contributed by atoms with Gasteiger partial charge in [0.15, 0.2) is 0 Å². The fourth-order valence-electron chi connectivity index (χ4n) is 2.47. The van der Waals surface area contributed by atoms with Crippen molar-refractivity contribution in [3.05, 3.63) is 51.7 Å². The lowest BCUT2D eigenvalue weighted by atomic mass is 9.94. The second-order valence-electron chi connectivity index (χ2n) is 4.55. The maximum atomic E-state index is 13.1. The Bertz CT molecular complexity index is 544. The lowest BCUT2D eigenvalue weighted by Crippen LogP contribution is -2.15. The summed E-state index contributed by atoms with van der Waals surface area (Å²) in [5.41, 5.74) is 1.78. The van der Waals surface area contributed by atoms with E-state index in [9.17, 15) is 8.78 Å². The Morgan fingerprint density at radius 2 is 1.94 bits per heavy atom. The van der Waals surface area contributed by atoms with Gasteiger partial charge in [0, 0.05) is 16.6 Å². The monoisotopic (exact) mass is 265 g/mol. The Morgan fingerprint density at radius 3 is 2.72 bits per heavy atom. The zero-order chi connectivity index (χ0) is 12.5. The van der Waals surface area contributed by atoms with Crippen LogP contribution in [0.5, 0.6) is 0 Å². The van der Waals surface area contributed by atoms with E-state index in [1.165, 1.54) is 22.6 Å². The quantitative estimate of drug-likeness (QED) is 0.842. The molecule has 0 bridgehead atoms. The van der Waals surface area contributed by atoms with E-state index in [-0.39, 0.29) is 6.04 Å². The molecule has 4 heteroatoms. The van der Waals surface area contributed by atoms with Crippen molar-refractivity contribution in [3.8, 4) is 0 Å². The van der Waals surface area contributed by atoms with E-state index in [0.717, 1.165) is 25.3 Å². The summed E-state index contributed by atoms with van der Waals surface area (Å²) < 4.78 is 26.3. The molecule has 1 nitrogen and oxygen atoms in total. The highest BCUT2D eigenvalue weighted by molar-refractivity contribution is 7.10. The standard InChI is InChI=1S/C14H13F2NS/c15-9-6-10(16)8-11(7-9)17-13-2-1-3-14-12(13)4-5-18-14/h4-8,13,17H,1-3H2. The summed E-state index contributed by atoms with van der Waals surface area (Å²) in [4.78, 5) is 1.38. The van der Waals surface area contributed by atoms with Gasteiger partial charge in [-0.15, -0.1) is 11.3 Å². The van der Waals surface area contributed by atoms with Gasteiger partial charge in [-0.1, -0.05) is 0 Å². The predicted molar refractivity (Wildman–Crippen MR) is 70.0 cm³/mol. The Balaban J connectivity index is 1.86. The molecule has 1 aromatic carbocycles. The highest BCUT2D eigenvalue weighted by Crippen LogP contribution is 2.35. The van der Waals surface area contributed by atoms with Gasteiger partial charge in [-0.3, -0.25) is 0 Å². The first-order valence-electron chi connectivity index (χ1n) is 6.01. The van der Waals surface area contributed by atoms with Crippen LogP contribution < -0.4 is 5.32 Å². The van der Waals surface area contributed by atoms with E-state index in [0.29, 0.717) is 5.69 Å². The largest absolute Gasteiger partial charge is 0.378 e. The van der Waals surface area contributed by atoms with Crippen LogP contribution >= 0.6 is 11.3 Å². The Hall–Kier alpha value is -1.42. The van der Waals surface area contributed by atoms with Crippen LogP contribution in [0.3, 0.4) is 0 Å². The third kappa shape index (κ3) is 2.25. The summed E-state index contributed by atoms with van der Waals surface area (Å²) in [6.07, 6.45) is 3.23. The molecular formula is C14H13F2NS. The van der Waals surface area contributed by atoms with Crippen LogP contribution in [0.25, 0.3) is 0 Å². The van der Waals surface area contributed by atoms with Crippen LogP contribution in [0.15, 0.2) is 29.6 Å². The molecule has 3 rings (SSSR count). The topological polar surface area (TPSA) is 12.0 Å². The number of aryl methyl sites for hydroxylation is 1. The molecule has 0 saturated heterocycles. The van der Waals surface area contributed by atoms with Crippen LogP contribution in [0.2, 0.25) is 0 Å². The van der Waals surface area contributed by atoms with Crippen molar-refractivity contribution >= 4 is 17.0 Å². The number of halogens is 2. The van der Waals surface area contributed by atoms with Gasteiger partial charge in [-0.25, -0.2) is 8.78 Å². The number of nitrogens with one attached hydrogen (secondary N) is 1.